The van der Waals surface area contributed by atoms with Crippen molar-refractivity contribution in [3.8, 4) is 34.2 Å². The fraction of sp³-hybridized carbons (Fsp3) is 0.0526. The Hall–Kier alpha value is -2.36. The number of hydrogen-bond donors (Lipinski definition) is 1. The van der Waals surface area contributed by atoms with Crippen LogP contribution in [0.5, 0.6) is 5.75 Å². The number of rotatable bonds is 3. The first-order valence-electron chi connectivity index (χ1n) is 7.34. The molecule has 2 aromatic carbocycles. The number of anilines is 1. The monoisotopic (exact) mass is 457 g/mol. The van der Waals surface area contributed by atoms with Crippen LogP contribution in [-0.2, 0) is 0 Å². The molecule has 0 fully saturated rings. The molecular formula is C19H13Br2N3O. The summed E-state index contributed by atoms with van der Waals surface area (Å²) in [4.78, 5) is 4.41. The van der Waals surface area contributed by atoms with Crippen molar-refractivity contribution in [3.05, 3.63) is 63.0 Å². The second-order valence-electron chi connectivity index (χ2n) is 5.27. The van der Waals surface area contributed by atoms with Crippen molar-refractivity contribution in [2.45, 2.75) is 0 Å². The van der Waals surface area contributed by atoms with E-state index in [0.29, 0.717) is 17.0 Å². The molecule has 0 radical (unpaired) electrons. The van der Waals surface area contributed by atoms with Gasteiger partial charge in [0, 0.05) is 11.1 Å². The number of ether oxygens (including phenoxy) is 1. The van der Waals surface area contributed by atoms with E-state index in [1.165, 1.54) is 0 Å². The molecule has 124 valence electrons. The summed E-state index contributed by atoms with van der Waals surface area (Å²) >= 11 is 7.00. The maximum absolute atomic E-state index is 9.48. The van der Waals surface area contributed by atoms with E-state index in [9.17, 15) is 5.26 Å². The van der Waals surface area contributed by atoms with Crippen molar-refractivity contribution in [2.24, 2.45) is 0 Å². The normalized spacial score (nSPS) is 10.3. The van der Waals surface area contributed by atoms with Gasteiger partial charge in [0.15, 0.2) is 0 Å². The molecule has 0 unspecified atom stereocenters. The number of nitrogens with zero attached hydrogens (tertiary/aromatic N) is 2. The van der Waals surface area contributed by atoms with Gasteiger partial charge >= 0.3 is 0 Å². The molecule has 0 aliphatic heterocycles. The Balaban J connectivity index is 2.23. The maximum atomic E-state index is 9.48. The van der Waals surface area contributed by atoms with Crippen LogP contribution in [0.15, 0.2) is 57.5 Å². The largest absolute Gasteiger partial charge is 0.494 e. The molecule has 0 aliphatic carbocycles. The summed E-state index contributed by atoms with van der Waals surface area (Å²) in [6, 6.07) is 17.5. The van der Waals surface area contributed by atoms with Gasteiger partial charge in [0.05, 0.1) is 21.7 Å². The minimum absolute atomic E-state index is 0.210. The number of methoxy groups -OCH3 is 1. The highest BCUT2D eigenvalue weighted by atomic mass is 79.9. The number of benzene rings is 2. The predicted molar refractivity (Wildman–Crippen MR) is 106 cm³/mol. The summed E-state index contributed by atoms with van der Waals surface area (Å²) < 4.78 is 6.93. The predicted octanol–water partition coefficient (Wildman–Crippen LogP) is 5.40. The zero-order valence-electron chi connectivity index (χ0n) is 13.3. The summed E-state index contributed by atoms with van der Waals surface area (Å²) in [6.45, 7) is 0. The zero-order chi connectivity index (χ0) is 18.0. The van der Waals surface area contributed by atoms with Crippen LogP contribution in [0, 0.1) is 11.3 Å². The van der Waals surface area contributed by atoms with Crippen LogP contribution >= 0.6 is 31.9 Å². The quantitative estimate of drug-likeness (QED) is 0.570. The topological polar surface area (TPSA) is 71.9 Å². The van der Waals surface area contributed by atoms with Crippen LogP contribution in [0.25, 0.3) is 22.4 Å². The molecular weight excluding hydrogens is 446 g/mol. The average Bonchev–Trinajstić information content (AvgIpc) is 2.61. The van der Waals surface area contributed by atoms with Crippen molar-refractivity contribution < 1.29 is 4.74 Å². The third-order valence-electron chi connectivity index (χ3n) is 3.74. The molecule has 25 heavy (non-hydrogen) atoms. The van der Waals surface area contributed by atoms with Crippen LogP contribution in [-0.4, -0.2) is 12.1 Å². The summed E-state index contributed by atoms with van der Waals surface area (Å²) in [5.74, 6) is 0.913. The fourth-order valence-corrected chi connectivity index (χ4v) is 4.09. The highest BCUT2D eigenvalue weighted by Crippen LogP contribution is 2.39. The molecule has 2 N–H and O–H groups in total. The SMILES string of the molecule is COc1c(Br)cc(-c2cc(-c3ccccc3)c(C#N)c(N)n2)cc1Br. The van der Waals surface area contributed by atoms with E-state index in [1.807, 2.05) is 48.5 Å². The van der Waals surface area contributed by atoms with Gasteiger partial charge in [0.25, 0.3) is 0 Å². The Morgan fingerprint density at radius 3 is 2.24 bits per heavy atom. The van der Waals surface area contributed by atoms with Gasteiger partial charge in [-0.2, -0.15) is 5.26 Å². The third-order valence-corrected chi connectivity index (χ3v) is 4.92. The Morgan fingerprint density at radius 1 is 1.04 bits per heavy atom. The lowest BCUT2D eigenvalue weighted by atomic mass is 9.98. The molecule has 1 heterocycles. The molecule has 0 atom stereocenters. The third kappa shape index (κ3) is 3.39. The molecule has 0 bridgehead atoms. The minimum Gasteiger partial charge on any atom is -0.494 e. The molecule has 4 nitrogen and oxygen atoms in total. The van der Waals surface area contributed by atoms with Crippen molar-refractivity contribution >= 4 is 37.7 Å². The molecule has 0 aliphatic rings. The van der Waals surface area contributed by atoms with Gasteiger partial charge in [-0.1, -0.05) is 30.3 Å². The van der Waals surface area contributed by atoms with Crippen molar-refractivity contribution in [1.29, 1.82) is 5.26 Å². The Kier molecular flexibility index (Phi) is 5.07. The van der Waals surface area contributed by atoms with Gasteiger partial charge < -0.3 is 10.5 Å². The van der Waals surface area contributed by atoms with E-state index in [2.05, 4.69) is 42.9 Å². The van der Waals surface area contributed by atoms with E-state index in [-0.39, 0.29) is 5.82 Å². The molecule has 6 heteroatoms. The number of nitrogen functional groups attached to an aromatic ring is 1. The summed E-state index contributed by atoms with van der Waals surface area (Å²) in [5.41, 5.74) is 9.64. The zero-order valence-corrected chi connectivity index (χ0v) is 16.4. The average molecular weight is 459 g/mol. The summed E-state index contributed by atoms with van der Waals surface area (Å²) in [6.07, 6.45) is 0. The maximum Gasteiger partial charge on any atom is 0.147 e. The van der Waals surface area contributed by atoms with Crippen molar-refractivity contribution in [1.82, 2.24) is 4.98 Å². The lowest BCUT2D eigenvalue weighted by Crippen LogP contribution is -2.00. The number of halogens is 2. The molecule has 0 amide bonds. The Morgan fingerprint density at radius 2 is 1.68 bits per heavy atom. The van der Waals surface area contributed by atoms with Crippen LogP contribution in [0.4, 0.5) is 5.82 Å². The molecule has 0 saturated carbocycles. The molecule has 3 rings (SSSR count). The lowest BCUT2D eigenvalue weighted by Gasteiger charge is -2.12. The van der Waals surface area contributed by atoms with Gasteiger partial charge in [0.1, 0.15) is 23.2 Å². The van der Waals surface area contributed by atoms with E-state index >= 15 is 0 Å². The van der Waals surface area contributed by atoms with Crippen LogP contribution in [0.2, 0.25) is 0 Å². The molecule has 1 aromatic heterocycles. The highest BCUT2D eigenvalue weighted by Gasteiger charge is 2.15. The molecule has 3 aromatic rings. The second-order valence-corrected chi connectivity index (χ2v) is 6.97. The summed E-state index contributed by atoms with van der Waals surface area (Å²) in [7, 11) is 1.61. The first-order valence-corrected chi connectivity index (χ1v) is 8.93. The van der Waals surface area contributed by atoms with E-state index in [1.54, 1.807) is 7.11 Å². The first-order chi connectivity index (χ1) is 12.0. The van der Waals surface area contributed by atoms with Gasteiger partial charge in [-0.15, -0.1) is 0 Å². The second kappa shape index (κ2) is 7.26. The first kappa shape index (κ1) is 17.5. The summed E-state index contributed by atoms with van der Waals surface area (Å²) in [5, 5.41) is 9.48. The number of nitrogens with two attached hydrogens (primary N) is 1. The minimum atomic E-state index is 0.210. The van der Waals surface area contributed by atoms with Gasteiger partial charge in [-0.05, 0) is 55.6 Å². The lowest BCUT2D eigenvalue weighted by molar-refractivity contribution is 0.409. The van der Waals surface area contributed by atoms with E-state index < -0.39 is 0 Å². The number of pyridine rings is 1. The molecule has 0 saturated heterocycles. The van der Waals surface area contributed by atoms with E-state index in [4.69, 9.17) is 10.5 Å². The highest BCUT2D eigenvalue weighted by molar-refractivity contribution is 9.11. The Bertz CT molecular complexity index is 959. The van der Waals surface area contributed by atoms with E-state index in [0.717, 1.165) is 25.6 Å². The number of hydrogen-bond acceptors (Lipinski definition) is 4. The fourth-order valence-electron chi connectivity index (χ4n) is 2.58. The molecule has 0 spiro atoms. The standard InChI is InChI=1S/C19H13Br2N3O/c1-25-18-15(20)7-12(8-16(18)21)17-9-13(11-5-3-2-4-6-11)14(10-22)19(23)24-17/h2-9H,1H3,(H2,23,24). The smallest absolute Gasteiger partial charge is 0.147 e. The van der Waals surface area contributed by atoms with Crippen LogP contribution in [0.3, 0.4) is 0 Å². The van der Waals surface area contributed by atoms with Gasteiger partial charge in [0.2, 0.25) is 0 Å². The van der Waals surface area contributed by atoms with Gasteiger partial charge in [-0.25, -0.2) is 4.98 Å². The van der Waals surface area contributed by atoms with Crippen molar-refractivity contribution in [3.63, 3.8) is 0 Å². The van der Waals surface area contributed by atoms with Gasteiger partial charge in [-0.3, -0.25) is 0 Å². The van der Waals surface area contributed by atoms with Crippen molar-refractivity contribution in [2.75, 3.05) is 12.8 Å². The number of nitriles is 1. The Labute approximate surface area is 162 Å². The number of aromatic nitrogens is 1. The van der Waals surface area contributed by atoms with Crippen LogP contribution < -0.4 is 10.5 Å². The van der Waals surface area contributed by atoms with Crippen LogP contribution in [0.1, 0.15) is 5.56 Å².